The van der Waals surface area contributed by atoms with Gasteiger partial charge in [0.05, 0.1) is 0 Å². The van der Waals surface area contributed by atoms with Gasteiger partial charge in [-0.25, -0.2) is 4.98 Å². The zero-order chi connectivity index (χ0) is 9.68. The van der Waals surface area contributed by atoms with Crippen molar-refractivity contribution in [3.05, 3.63) is 29.6 Å². The molecule has 0 aliphatic heterocycles. The number of Topliss-reactive ketones (excluding diaryl/α,β-unsaturated/α-hetero) is 1. The minimum atomic E-state index is -0.111. The van der Waals surface area contributed by atoms with E-state index in [-0.39, 0.29) is 5.78 Å². The monoisotopic (exact) mass is 170 g/mol. The van der Waals surface area contributed by atoms with Crippen molar-refractivity contribution in [2.45, 2.75) is 6.92 Å². The number of carbonyl (C=O) groups is 1. The second kappa shape index (κ2) is 4.04. The molecule has 0 atom stereocenters. The van der Waals surface area contributed by atoms with Gasteiger partial charge < -0.3 is 0 Å². The van der Waals surface area contributed by atoms with Gasteiger partial charge in [-0.1, -0.05) is 6.07 Å². The highest BCUT2D eigenvalue weighted by Gasteiger charge is 1.99. The predicted octanol–water partition coefficient (Wildman–Crippen LogP) is 1.16. The first kappa shape index (κ1) is 8.96. The molecule has 1 rings (SSSR count). The molecule has 1 heterocycles. The highest BCUT2D eigenvalue weighted by atomic mass is 16.1. The average Bonchev–Trinajstić information content (AvgIpc) is 2.15. The number of carbonyl (C=O) groups excluding carboxylic acids is 1. The smallest absolute Gasteiger partial charge is 0.178 e. The summed E-state index contributed by atoms with van der Waals surface area (Å²) in [5.74, 6) is 4.62. The van der Waals surface area contributed by atoms with E-state index in [0.29, 0.717) is 11.4 Å². The van der Waals surface area contributed by atoms with Crippen LogP contribution in [0.2, 0.25) is 0 Å². The van der Waals surface area contributed by atoms with E-state index in [9.17, 15) is 4.79 Å². The topological polar surface area (TPSA) is 53.8 Å². The molecule has 1 aromatic rings. The fourth-order valence-corrected chi connectivity index (χ4v) is 0.792. The van der Waals surface area contributed by atoms with E-state index in [2.05, 4.69) is 16.8 Å². The first-order chi connectivity index (χ1) is 6.24. The number of hydrogen-bond acceptors (Lipinski definition) is 3. The van der Waals surface area contributed by atoms with Crippen LogP contribution in [0.5, 0.6) is 0 Å². The summed E-state index contributed by atoms with van der Waals surface area (Å²) in [5, 5.41) is 8.19. The van der Waals surface area contributed by atoms with Gasteiger partial charge in [-0.05, 0) is 18.1 Å². The van der Waals surface area contributed by atoms with Crippen LogP contribution in [0, 0.1) is 23.2 Å². The average molecular weight is 170 g/mol. The minimum absolute atomic E-state index is 0.111. The van der Waals surface area contributed by atoms with E-state index in [1.54, 1.807) is 24.3 Å². The van der Waals surface area contributed by atoms with E-state index in [0.717, 1.165) is 0 Å². The number of ketones is 1. The third-order valence-electron chi connectivity index (χ3n) is 1.36. The molecule has 0 aliphatic carbocycles. The van der Waals surface area contributed by atoms with Gasteiger partial charge in [0.15, 0.2) is 11.9 Å². The van der Waals surface area contributed by atoms with Crippen molar-refractivity contribution in [3.8, 4) is 17.9 Å². The first-order valence-electron chi connectivity index (χ1n) is 3.62. The lowest BCUT2D eigenvalue weighted by atomic mass is 10.2. The van der Waals surface area contributed by atoms with E-state index in [4.69, 9.17) is 5.26 Å². The lowest BCUT2D eigenvalue weighted by Crippen LogP contribution is -1.97. The molecule has 3 nitrogen and oxygen atoms in total. The largest absolute Gasteiger partial charge is 0.293 e. The van der Waals surface area contributed by atoms with E-state index >= 15 is 0 Å². The Labute approximate surface area is 76.0 Å². The van der Waals surface area contributed by atoms with Crippen molar-refractivity contribution in [2.24, 2.45) is 0 Å². The second-order valence-corrected chi connectivity index (χ2v) is 2.33. The Morgan fingerprint density at radius 2 is 2.31 bits per heavy atom. The molecule has 13 heavy (non-hydrogen) atoms. The Kier molecular flexibility index (Phi) is 2.78. The molecule has 3 heteroatoms. The van der Waals surface area contributed by atoms with Gasteiger partial charge in [-0.3, -0.25) is 4.79 Å². The van der Waals surface area contributed by atoms with E-state index in [1.165, 1.54) is 6.92 Å². The molecule has 0 spiro atoms. The lowest BCUT2D eigenvalue weighted by molar-refractivity contribution is 0.101. The molecular formula is C10H6N2O. The molecule has 0 N–H and O–H groups in total. The van der Waals surface area contributed by atoms with Crippen molar-refractivity contribution in [1.82, 2.24) is 4.98 Å². The van der Waals surface area contributed by atoms with Gasteiger partial charge in [-0.2, -0.15) is 5.26 Å². The number of nitriles is 1. The number of pyridine rings is 1. The number of nitrogens with zero attached hydrogens (tertiary/aromatic N) is 2. The molecule has 62 valence electrons. The summed E-state index contributed by atoms with van der Waals surface area (Å²) >= 11 is 0. The summed E-state index contributed by atoms with van der Waals surface area (Å²) < 4.78 is 0. The molecule has 0 aromatic carbocycles. The third-order valence-corrected chi connectivity index (χ3v) is 1.36. The summed E-state index contributed by atoms with van der Waals surface area (Å²) in [7, 11) is 0. The van der Waals surface area contributed by atoms with Gasteiger partial charge in [0.2, 0.25) is 0 Å². The van der Waals surface area contributed by atoms with Crippen LogP contribution in [0.1, 0.15) is 23.1 Å². The maximum absolute atomic E-state index is 10.9. The fraction of sp³-hybridized carbons (Fsp3) is 0.100. The molecule has 0 bridgehead atoms. The predicted molar refractivity (Wildman–Crippen MR) is 46.7 cm³/mol. The van der Waals surface area contributed by atoms with E-state index in [1.807, 2.05) is 0 Å². The van der Waals surface area contributed by atoms with Crippen LogP contribution in [0.25, 0.3) is 0 Å². The normalized spacial score (nSPS) is 8.00. The highest BCUT2D eigenvalue weighted by Crippen LogP contribution is 1.98. The maximum atomic E-state index is 10.9. The molecule has 0 unspecified atom stereocenters. The molecule has 1 aromatic heterocycles. The summed E-state index contributed by atoms with van der Waals surface area (Å²) in [6.45, 7) is 1.43. The van der Waals surface area contributed by atoms with Crippen molar-refractivity contribution in [2.75, 3.05) is 0 Å². The Morgan fingerprint density at radius 1 is 1.54 bits per heavy atom. The van der Waals surface area contributed by atoms with Crippen LogP contribution < -0.4 is 0 Å². The van der Waals surface area contributed by atoms with Crippen molar-refractivity contribution in [3.63, 3.8) is 0 Å². The lowest BCUT2D eigenvalue weighted by Gasteiger charge is -1.93. The van der Waals surface area contributed by atoms with Gasteiger partial charge in [0, 0.05) is 12.8 Å². The van der Waals surface area contributed by atoms with Crippen LogP contribution in [0.4, 0.5) is 0 Å². The van der Waals surface area contributed by atoms with Crippen LogP contribution >= 0.6 is 0 Å². The molecule has 0 amide bonds. The fourth-order valence-electron chi connectivity index (χ4n) is 0.792. The summed E-state index contributed by atoms with van der Waals surface area (Å²) in [6, 6.07) is 6.63. The molecule has 0 fully saturated rings. The van der Waals surface area contributed by atoms with Gasteiger partial charge in [0.1, 0.15) is 11.4 Å². The highest BCUT2D eigenvalue weighted by molar-refractivity contribution is 5.92. The molecule has 0 saturated heterocycles. The summed E-state index contributed by atoms with van der Waals surface area (Å²) in [6.07, 6.45) is 0. The van der Waals surface area contributed by atoms with Crippen LogP contribution in [-0.2, 0) is 0 Å². The Hall–Kier alpha value is -2.13. The van der Waals surface area contributed by atoms with Crippen molar-refractivity contribution < 1.29 is 4.79 Å². The third kappa shape index (κ3) is 2.43. The van der Waals surface area contributed by atoms with Gasteiger partial charge in [0.25, 0.3) is 0 Å². The van der Waals surface area contributed by atoms with Gasteiger partial charge >= 0.3 is 0 Å². The summed E-state index contributed by atoms with van der Waals surface area (Å²) in [5.41, 5.74) is 0.805. The number of hydrogen-bond donors (Lipinski definition) is 0. The summed E-state index contributed by atoms with van der Waals surface area (Å²) in [4.78, 5) is 14.8. The Balaban J connectivity index is 3.07. The SMILES string of the molecule is CC(=O)c1cccc(C#CC#N)n1. The number of rotatable bonds is 1. The van der Waals surface area contributed by atoms with Gasteiger partial charge in [-0.15, -0.1) is 0 Å². The van der Waals surface area contributed by atoms with Crippen LogP contribution in [0.3, 0.4) is 0 Å². The standard InChI is InChI=1S/C10H6N2O/c1-8(13)10-6-2-4-9(12-10)5-3-7-11/h2,4,6H,1H3. The first-order valence-corrected chi connectivity index (χ1v) is 3.62. The molecule has 0 saturated carbocycles. The van der Waals surface area contributed by atoms with Crippen LogP contribution in [-0.4, -0.2) is 10.8 Å². The van der Waals surface area contributed by atoms with E-state index < -0.39 is 0 Å². The maximum Gasteiger partial charge on any atom is 0.178 e. The zero-order valence-corrected chi connectivity index (χ0v) is 7.03. The zero-order valence-electron chi connectivity index (χ0n) is 7.03. The quantitative estimate of drug-likeness (QED) is 0.469. The second-order valence-electron chi connectivity index (χ2n) is 2.33. The molecule has 0 radical (unpaired) electrons. The van der Waals surface area contributed by atoms with Crippen molar-refractivity contribution >= 4 is 5.78 Å². The molecular weight excluding hydrogens is 164 g/mol. The van der Waals surface area contributed by atoms with Crippen molar-refractivity contribution in [1.29, 1.82) is 5.26 Å². The Morgan fingerprint density at radius 3 is 2.92 bits per heavy atom. The minimum Gasteiger partial charge on any atom is -0.293 e. The number of aromatic nitrogens is 1. The van der Waals surface area contributed by atoms with Crippen LogP contribution in [0.15, 0.2) is 18.2 Å². The Bertz CT molecular complexity index is 432. The molecule has 0 aliphatic rings.